The number of aromatic nitrogens is 1. The minimum absolute atomic E-state index is 0.123. The van der Waals surface area contributed by atoms with Gasteiger partial charge in [0.25, 0.3) is 5.91 Å². The van der Waals surface area contributed by atoms with Gasteiger partial charge in [-0.25, -0.2) is 8.78 Å². The molecule has 1 N–H and O–H groups in total. The van der Waals surface area contributed by atoms with Crippen molar-refractivity contribution in [2.75, 3.05) is 13.1 Å². The average Bonchev–Trinajstić information content (AvgIpc) is 2.60. The maximum atomic E-state index is 13.7. The molecule has 4 nitrogen and oxygen atoms in total. The van der Waals surface area contributed by atoms with E-state index in [0.29, 0.717) is 30.6 Å². The van der Waals surface area contributed by atoms with E-state index in [1.54, 1.807) is 11.0 Å². The third-order valence-corrected chi connectivity index (χ3v) is 4.47. The first-order valence-electron chi connectivity index (χ1n) is 7.95. The van der Waals surface area contributed by atoms with E-state index in [1.165, 1.54) is 24.4 Å². The van der Waals surface area contributed by atoms with E-state index in [2.05, 4.69) is 4.98 Å². The van der Waals surface area contributed by atoms with E-state index in [4.69, 9.17) is 0 Å². The molecule has 1 amide bonds. The van der Waals surface area contributed by atoms with Gasteiger partial charge in [0.2, 0.25) is 5.56 Å². The molecule has 24 heavy (non-hydrogen) atoms. The number of carbonyl (C=O) groups excluding carboxylic acids is 1. The summed E-state index contributed by atoms with van der Waals surface area (Å²) < 4.78 is 27.0. The number of rotatable bonds is 3. The highest BCUT2D eigenvalue weighted by Crippen LogP contribution is 2.24. The number of H-pyrrole nitrogens is 1. The van der Waals surface area contributed by atoms with Crippen molar-refractivity contribution in [1.82, 2.24) is 9.88 Å². The summed E-state index contributed by atoms with van der Waals surface area (Å²) in [5.41, 5.74) is 0.590. The van der Waals surface area contributed by atoms with Crippen LogP contribution >= 0.6 is 0 Å². The van der Waals surface area contributed by atoms with Crippen LogP contribution in [0.1, 0.15) is 28.8 Å². The molecule has 1 aromatic carbocycles. The number of benzene rings is 1. The number of likely N-dealkylation sites (tertiary alicyclic amines) is 1. The Hall–Kier alpha value is -2.50. The second-order valence-corrected chi connectivity index (χ2v) is 6.09. The van der Waals surface area contributed by atoms with Crippen LogP contribution in [0.25, 0.3) is 0 Å². The molecule has 2 aromatic rings. The van der Waals surface area contributed by atoms with Gasteiger partial charge in [0.05, 0.1) is 5.56 Å². The number of halogens is 2. The lowest BCUT2D eigenvalue weighted by Crippen LogP contribution is -2.39. The molecular weight excluding hydrogens is 314 g/mol. The van der Waals surface area contributed by atoms with Crippen LogP contribution in [0.2, 0.25) is 0 Å². The number of carbonyl (C=O) groups is 1. The topological polar surface area (TPSA) is 53.2 Å². The monoisotopic (exact) mass is 332 g/mol. The lowest BCUT2D eigenvalue weighted by Gasteiger charge is -2.32. The van der Waals surface area contributed by atoms with Gasteiger partial charge in [-0.2, -0.15) is 0 Å². The van der Waals surface area contributed by atoms with Crippen LogP contribution in [0.15, 0.2) is 41.3 Å². The second kappa shape index (κ2) is 6.95. The summed E-state index contributed by atoms with van der Waals surface area (Å²) in [6.07, 6.45) is 3.37. The smallest absolute Gasteiger partial charge is 0.255 e. The van der Waals surface area contributed by atoms with Gasteiger partial charge in [0.15, 0.2) is 11.6 Å². The summed E-state index contributed by atoms with van der Waals surface area (Å²) in [6.45, 7) is 1.14. The minimum Gasteiger partial charge on any atom is -0.339 e. The normalized spacial score (nSPS) is 15.5. The van der Waals surface area contributed by atoms with Gasteiger partial charge in [-0.3, -0.25) is 9.59 Å². The van der Waals surface area contributed by atoms with E-state index >= 15 is 0 Å². The number of amides is 1. The van der Waals surface area contributed by atoms with Crippen molar-refractivity contribution < 1.29 is 13.6 Å². The van der Waals surface area contributed by atoms with E-state index in [1.807, 2.05) is 0 Å². The third kappa shape index (κ3) is 3.53. The first-order chi connectivity index (χ1) is 11.5. The van der Waals surface area contributed by atoms with Crippen molar-refractivity contribution in [2.45, 2.75) is 19.3 Å². The van der Waals surface area contributed by atoms with Gasteiger partial charge >= 0.3 is 0 Å². The van der Waals surface area contributed by atoms with E-state index in [0.717, 1.165) is 18.9 Å². The second-order valence-electron chi connectivity index (χ2n) is 6.09. The highest BCUT2D eigenvalue weighted by atomic mass is 19.2. The number of hydrogen-bond donors (Lipinski definition) is 1. The zero-order valence-corrected chi connectivity index (χ0v) is 13.1. The van der Waals surface area contributed by atoms with Crippen LogP contribution in [0.3, 0.4) is 0 Å². The average molecular weight is 332 g/mol. The molecule has 0 bridgehead atoms. The Labute approximate surface area is 138 Å². The summed E-state index contributed by atoms with van der Waals surface area (Å²) in [6, 6.07) is 7.07. The molecule has 126 valence electrons. The molecular formula is C18H18F2N2O2. The minimum atomic E-state index is -0.821. The van der Waals surface area contributed by atoms with Crippen molar-refractivity contribution in [2.24, 2.45) is 5.92 Å². The van der Waals surface area contributed by atoms with E-state index in [9.17, 15) is 18.4 Å². The number of piperidine rings is 1. The molecule has 6 heteroatoms. The van der Waals surface area contributed by atoms with Crippen molar-refractivity contribution in [3.8, 4) is 0 Å². The number of hydrogen-bond acceptors (Lipinski definition) is 2. The fourth-order valence-corrected chi connectivity index (χ4v) is 3.08. The highest BCUT2D eigenvalue weighted by Gasteiger charge is 2.24. The first kappa shape index (κ1) is 16.4. The molecule has 0 saturated carbocycles. The van der Waals surface area contributed by atoms with Crippen LogP contribution in [0.4, 0.5) is 8.78 Å². The van der Waals surface area contributed by atoms with E-state index < -0.39 is 11.6 Å². The molecule has 0 unspecified atom stereocenters. The number of nitrogens with one attached hydrogen (secondary N) is 1. The third-order valence-electron chi connectivity index (χ3n) is 4.47. The fraction of sp³-hybridized carbons (Fsp3) is 0.333. The number of aromatic amines is 1. The Kier molecular flexibility index (Phi) is 4.74. The summed E-state index contributed by atoms with van der Waals surface area (Å²) in [5.74, 6) is -1.50. The first-order valence-corrected chi connectivity index (χ1v) is 7.95. The Balaban J connectivity index is 1.59. The zero-order valence-electron chi connectivity index (χ0n) is 13.1. The van der Waals surface area contributed by atoms with Crippen LogP contribution < -0.4 is 5.56 Å². The molecule has 1 fully saturated rings. The van der Waals surface area contributed by atoms with Crippen molar-refractivity contribution >= 4 is 5.91 Å². The summed E-state index contributed by atoms with van der Waals surface area (Å²) in [7, 11) is 0. The zero-order chi connectivity index (χ0) is 17.1. The fourth-order valence-electron chi connectivity index (χ4n) is 3.08. The summed E-state index contributed by atoms with van der Waals surface area (Å²) in [4.78, 5) is 27.6. The van der Waals surface area contributed by atoms with Crippen molar-refractivity contribution in [3.63, 3.8) is 0 Å². The van der Waals surface area contributed by atoms with Gasteiger partial charge in [0, 0.05) is 25.4 Å². The lowest BCUT2D eigenvalue weighted by atomic mass is 9.89. The van der Waals surface area contributed by atoms with Crippen molar-refractivity contribution in [1.29, 1.82) is 0 Å². The molecule has 0 radical (unpaired) electrons. The van der Waals surface area contributed by atoms with Gasteiger partial charge in [0.1, 0.15) is 0 Å². The lowest BCUT2D eigenvalue weighted by molar-refractivity contribution is 0.0689. The van der Waals surface area contributed by atoms with E-state index in [-0.39, 0.29) is 17.4 Å². The molecule has 1 aliphatic rings. The highest BCUT2D eigenvalue weighted by molar-refractivity contribution is 5.93. The molecule has 0 atom stereocenters. The number of nitrogens with zero attached hydrogens (tertiary/aromatic N) is 1. The predicted molar refractivity (Wildman–Crippen MR) is 85.8 cm³/mol. The van der Waals surface area contributed by atoms with Crippen LogP contribution in [0, 0.1) is 17.6 Å². The molecule has 3 rings (SSSR count). The SMILES string of the molecule is O=C(c1ccc(=O)[nH]c1)N1CCC(Cc2cccc(F)c2F)CC1. The van der Waals surface area contributed by atoms with Gasteiger partial charge in [-0.05, 0) is 42.9 Å². The summed E-state index contributed by atoms with van der Waals surface area (Å²) in [5, 5.41) is 0. The van der Waals surface area contributed by atoms with Gasteiger partial charge in [-0.1, -0.05) is 12.1 Å². The van der Waals surface area contributed by atoms with Gasteiger partial charge < -0.3 is 9.88 Å². The standard InChI is InChI=1S/C18H18F2N2O2/c19-15-3-1-2-13(17(15)20)10-12-6-8-22(9-7-12)18(24)14-4-5-16(23)21-11-14/h1-5,11-12H,6-10H2,(H,21,23). The van der Waals surface area contributed by atoms with Gasteiger partial charge in [-0.15, -0.1) is 0 Å². The van der Waals surface area contributed by atoms with Crippen LogP contribution in [0.5, 0.6) is 0 Å². The maximum absolute atomic E-state index is 13.7. The Morgan fingerprint density at radius 1 is 1.17 bits per heavy atom. The van der Waals surface area contributed by atoms with Crippen LogP contribution in [-0.2, 0) is 6.42 Å². The van der Waals surface area contributed by atoms with Crippen LogP contribution in [-0.4, -0.2) is 28.9 Å². The molecule has 2 heterocycles. The quantitative estimate of drug-likeness (QED) is 0.940. The molecule has 0 spiro atoms. The molecule has 1 aromatic heterocycles. The number of pyridine rings is 1. The summed E-state index contributed by atoms with van der Waals surface area (Å²) >= 11 is 0. The predicted octanol–water partition coefficient (Wildman–Crippen LogP) is 2.75. The van der Waals surface area contributed by atoms with Crippen molar-refractivity contribution in [3.05, 3.63) is 69.6 Å². The Morgan fingerprint density at radius 3 is 2.58 bits per heavy atom. The molecule has 0 aliphatic carbocycles. The Bertz CT molecular complexity index is 775. The molecule has 1 saturated heterocycles. The maximum Gasteiger partial charge on any atom is 0.255 e. The molecule has 1 aliphatic heterocycles. The Morgan fingerprint density at radius 2 is 1.92 bits per heavy atom. The largest absolute Gasteiger partial charge is 0.339 e.